The normalized spacial score (nSPS) is 18.9. The van der Waals surface area contributed by atoms with Gasteiger partial charge in [-0.25, -0.2) is 4.79 Å². The van der Waals surface area contributed by atoms with Crippen LogP contribution in [-0.4, -0.2) is 41.8 Å². The van der Waals surface area contributed by atoms with E-state index in [2.05, 4.69) is 0 Å². The van der Waals surface area contributed by atoms with Crippen LogP contribution in [0.2, 0.25) is 0 Å². The average molecular weight is 400 g/mol. The van der Waals surface area contributed by atoms with Crippen molar-refractivity contribution in [2.45, 2.75) is 25.3 Å². The highest BCUT2D eigenvalue weighted by Crippen LogP contribution is 2.41. The van der Waals surface area contributed by atoms with Gasteiger partial charge in [-0.15, -0.1) is 11.8 Å². The second-order valence-corrected chi connectivity index (χ2v) is 8.15. The molecule has 1 amide bonds. The summed E-state index contributed by atoms with van der Waals surface area (Å²) >= 11 is 1.57. The zero-order valence-corrected chi connectivity index (χ0v) is 16.9. The Labute approximate surface area is 170 Å². The summed E-state index contributed by atoms with van der Waals surface area (Å²) in [6.45, 7) is 4.20. The molecule has 28 heavy (non-hydrogen) atoms. The van der Waals surface area contributed by atoms with Gasteiger partial charge in [0.2, 0.25) is 0 Å². The van der Waals surface area contributed by atoms with Crippen molar-refractivity contribution in [3.8, 4) is 5.75 Å². The number of carbonyl (C=O) groups is 2. The van der Waals surface area contributed by atoms with Crippen LogP contribution >= 0.6 is 11.8 Å². The van der Waals surface area contributed by atoms with Crippen molar-refractivity contribution in [2.75, 3.05) is 19.0 Å². The molecular weight excluding hydrogens is 374 g/mol. The first-order valence-electron chi connectivity index (χ1n) is 9.38. The fourth-order valence-electron chi connectivity index (χ4n) is 2.95. The number of benzene rings is 2. The summed E-state index contributed by atoms with van der Waals surface area (Å²) in [5.74, 6) is 0.793. The molecule has 0 aliphatic carbocycles. The predicted octanol–water partition coefficient (Wildman–Crippen LogP) is 3.91. The number of hydrogen-bond acceptors (Lipinski definition) is 5. The molecule has 1 fully saturated rings. The Balaban J connectivity index is 1.76. The Hall–Kier alpha value is -2.47. The van der Waals surface area contributed by atoms with E-state index in [9.17, 15) is 9.59 Å². The average Bonchev–Trinajstić information content (AvgIpc) is 3.17. The Morgan fingerprint density at radius 3 is 2.36 bits per heavy atom. The van der Waals surface area contributed by atoms with Crippen molar-refractivity contribution < 1.29 is 19.1 Å². The maximum atomic E-state index is 13.0. The summed E-state index contributed by atoms with van der Waals surface area (Å²) in [7, 11) is 0. The van der Waals surface area contributed by atoms with Gasteiger partial charge in [0.05, 0.1) is 6.61 Å². The second-order valence-electron chi connectivity index (χ2n) is 7.04. The molecule has 148 valence electrons. The van der Waals surface area contributed by atoms with E-state index >= 15 is 0 Å². The third kappa shape index (κ3) is 5.07. The van der Waals surface area contributed by atoms with E-state index in [1.807, 2.05) is 62.4 Å². The molecule has 1 heterocycles. The SMILES string of the molecule is CC(C)COC(=O)C1CSC(c2ccccc2)N1C(=O)COc1ccccc1. The number of para-hydroxylation sites is 1. The molecule has 2 aromatic rings. The standard InChI is InChI=1S/C22H25NO4S/c1-16(2)13-27-22(25)19-15-28-21(17-9-5-3-6-10-17)23(19)20(24)14-26-18-11-7-4-8-12-18/h3-12,16,19,21H,13-15H2,1-2H3. The maximum absolute atomic E-state index is 13.0. The van der Waals surface area contributed by atoms with E-state index in [1.54, 1.807) is 28.8 Å². The third-order valence-corrected chi connectivity index (χ3v) is 5.63. The summed E-state index contributed by atoms with van der Waals surface area (Å²) in [6, 6.07) is 18.3. The lowest BCUT2D eigenvalue weighted by Gasteiger charge is -2.28. The van der Waals surface area contributed by atoms with Crippen LogP contribution in [0.4, 0.5) is 0 Å². The minimum Gasteiger partial charge on any atom is -0.484 e. The van der Waals surface area contributed by atoms with Gasteiger partial charge in [0.15, 0.2) is 6.61 Å². The second kappa shape index (κ2) is 9.64. The van der Waals surface area contributed by atoms with Gasteiger partial charge >= 0.3 is 5.97 Å². The van der Waals surface area contributed by atoms with Crippen molar-refractivity contribution in [1.82, 2.24) is 4.90 Å². The first-order valence-corrected chi connectivity index (χ1v) is 10.4. The molecule has 0 bridgehead atoms. The molecular formula is C22H25NO4S. The predicted molar refractivity (Wildman–Crippen MR) is 110 cm³/mol. The lowest BCUT2D eigenvalue weighted by Crippen LogP contribution is -2.46. The van der Waals surface area contributed by atoms with Gasteiger partial charge in [0.25, 0.3) is 5.91 Å². The third-order valence-electron chi connectivity index (χ3n) is 4.31. The van der Waals surface area contributed by atoms with Gasteiger partial charge in [0.1, 0.15) is 17.2 Å². The number of nitrogens with zero attached hydrogens (tertiary/aromatic N) is 1. The lowest BCUT2D eigenvalue weighted by molar-refractivity contribution is -0.155. The van der Waals surface area contributed by atoms with Gasteiger partial charge in [0, 0.05) is 5.75 Å². The highest BCUT2D eigenvalue weighted by Gasteiger charge is 2.43. The number of carbonyl (C=O) groups excluding carboxylic acids is 2. The van der Waals surface area contributed by atoms with Crippen LogP contribution in [0.3, 0.4) is 0 Å². The molecule has 6 heteroatoms. The molecule has 0 spiro atoms. The van der Waals surface area contributed by atoms with Crippen molar-refractivity contribution in [2.24, 2.45) is 5.92 Å². The fraction of sp³-hybridized carbons (Fsp3) is 0.364. The summed E-state index contributed by atoms with van der Waals surface area (Å²) < 4.78 is 11.1. The highest BCUT2D eigenvalue weighted by molar-refractivity contribution is 7.99. The zero-order valence-electron chi connectivity index (χ0n) is 16.1. The Morgan fingerprint density at radius 2 is 1.71 bits per heavy atom. The molecule has 1 aliphatic rings. The van der Waals surface area contributed by atoms with Crippen LogP contribution in [0.25, 0.3) is 0 Å². The number of esters is 1. The van der Waals surface area contributed by atoms with E-state index in [0.29, 0.717) is 18.1 Å². The molecule has 0 radical (unpaired) electrons. The van der Waals surface area contributed by atoms with Crippen molar-refractivity contribution in [3.05, 3.63) is 66.2 Å². The Kier molecular flexibility index (Phi) is 6.98. The molecule has 2 unspecified atom stereocenters. The monoisotopic (exact) mass is 399 g/mol. The van der Waals surface area contributed by atoms with Crippen LogP contribution < -0.4 is 4.74 Å². The van der Waals surface area contributed by atoms with Crippen LogP contribution in [0.5, 0.6) is 5.75 Å². The maximum Gasteiger partial charge on any atom is 0.329 e. The van der Waals surface area contributed by atoms with E-state index in [4.69, 9.17) is 9.47 Å². The number of hydrogen-bond donors (Lipinski definition) is 0. The van der Waals surface area contributed by atoms with Crippen molar-refractivity contribution in [3.63, 3.8) is 0 Å². The minimum atomic E-state index is -0.610. The number of thioether (sulfide) groups is 1. The molecule has 5 nitrogen and oxygen atoms in total. The van der Waals surface area contributed by atoms with Gasteiger partial charge in [-0.3, -0.25) is 4.79 Å². The van der Waals surface area contributed by atoms with E-state index in [0.717, 1.165) is 5.56 Å². The van der Waals surface area contributed by atoms with E-state index in [-0.39, 0.29) is 29.8 Å². The molecule has 2 aromatic carbocycles. The highest BCUT2D eigenvalue weighted by atomic mass is 32.2. The number of rotatable bonds is 7. The Morgan fingerprint density at radius 1 is 1.07 bits per heavy atom. The molecule has 0 saturated carbocycles. The van der Waals surface area contributed by atoms with Crippen LogP contribution in [0.1, 0.15) is 24.8 Å². The van der Waals surface area contributed by atoms with Crippen LogP contribution in [-0.2, 0) is 14.3 Å². The molecule has 3 rings (SSSR count). The summed E-state index contributed by atoms with van der Waals surface area (Å²) in [5.41, 5.74) is 0.986. The van der Waals surface area contributed by atoms with Gasteiger partial charge in [-0.05, 0) is 23.6 Å². The molecule has 0 aromatic heterocycles. The van der Waals surface area contributed by atoms with Gasteiger partial charge in [-0.2, -0.15) is 0 Å². The largest absolute Gasteiger partial charge is 0.484 e. The minimum absolute atomic E-state index is 0.123. The van der Waals surface area contributed by atoms with Gasteiger partial charge < -0.3 is 14.4 Å². The topological polar surface area (TPSA) is 55.8 Å². The number of amides is 1. The van der Waals surface area contributed by atoms with Crippen LogP contribution in [0, 0.1) is 5.92 Å². The molecule has 2 atom stereocenters. The molecule has 1 saturated heterocycles. The summed E-state index contributed by atoms with van der Waals surface area (Å²) in [4.78, 5) is 27.3. The lowest BCUT2D eigenvalue weighted by atomic mass is 10.1. The Bertz CT molecular complexity index is 782. The smallest absolute Gasteiger partial charge is 0.329 e. The quantitative estimate of drug-likeness (QED) is 0.661. The molecule has 1 aliphatic heterocycles. The van der Waals surface area contributed by atoms with Crippen LogP contribution in [0.15, 0.2) is 60.7 Å². The van der Waals surface area contributed by atoms with Crippen molar-refractivity contribution >= 4 is 23.6 Å². The fourth-order valence-corrected chi connectivity index (χ4v) is 4.38. The zero-order chi connectivity index (χ0) is 19.9. The van der Waals surface area contributed by atoms with E-state index in [1.165, 1.54) is 0 Å². The first-order chi connectivity index (χ1) is 13.6. The van der Waals surface area contributed by atoms with Crippen molar-refractivity contribution in [1.29, 1.82) is 0 Å². The summed E-state index contributed by atoms with van der Waals surface area (Å²) in [5, 5.41) is -0.232. The van der Waals surface area contributed by atoms with Gasteiger partial charge in [-0.1, -0.05) is 62.4 Å². The number of ether oxygens (including phenoxy) is 2. The summed E-state index contributed by atoms with van der Waals surface area (Å²) in [6.07, 6.45) is 0. The van der Waals surface area contributed by atoms with E-state index < -0.39 is 6.04 Å². The first kappa shape index (κ1) is 20.3. The molecule has 0 N–H and O–H groups in total.